The zero-order valence-electron chi connectivity index (χ0n) is 5.95. The molecule has 0 atom stereocenters. The van der Waals surface area contributed by atoms with Crippen LogP contribution in [0.3, 0.4) is 0 Å². The van der Waals surface area contributed by atoms with Crippen LogP contribution in [0.5, 0.6) is 0 Å². The van der Waals surface area contributed by atoms with E-state index >= 15 is 0 Å². The highest BCUT2D eigenvalue weighted by atomic mass is 16.6. The molecule has 0 aliphatic rings. The van der Waals surface area contributed by atoms with E-state index in [1.54, 1.807) is 0 Å². The molecular weight excluding hydrogens is 130 g/mol. The Kier molecular flexibility index (Phi) is 2.42. The number of aryl methyl sites for hydroxylation is 1. The molecule has 1 heterocycles. The summed E-state index contributed by atoms with van der Waals surface area (Å²) in [5.74, 6) is 4.86. The lowest BCUT2D eigenvalue weighted by atomic mass is 10.5. The molecule has 4 heteroatoms. The maximum absolute atomic E-state index is 4.86. The van der Waals surface area contributed by atoms with Crippen molar-refractivity contribution >= 4 is 0 Å². The molecule has 56 valence electrons. The van der Waals surface area contributed by atoms with E-state index in [2.05, 4.69) is 9.94 Å². The van der Waals surface area contributed by atoms with Crippen LogP contribution in [-0.2, 0) is 18.0 Å². The summed E-state index contributed by atoms with van der Waals surface area (Å²) in [7, 11) is 0. The normalized spacial score (nSPS) is 10.2. The van der Waals surface area contributed by atoms with Gasteiger partial charge in [0.05, 0.1) is 5.69 Å². The molecule has 0 amide bonds. The average molecular weight is 141 g/mol. The van der Waals surface area contributed by atoms with Gasteiger partial charge in [-0.2, -0.15) is 5.10 Å². The van der Waals surface area contributed by atoms with E-state index in [0.29, 0.717) is 6.61 Å². The van der Waals surface area contributed by atoms with Gasteiger partial charge in [-0.15, -0.1) is 0 Å². The van der Waals surface area contributed by atoms with Crippen LogP contribution in [0.2, 0.25) is 0 Å². The molecule has 10 heavy (non-hydrogen) atoms. The third-order valence-electron chi connectivity index (χ3n) is 1.25. The number of hydrogen-bond acceptors (Lipinski definition) is 3. The highest BCUT2D eigenvalue weighted by Crippen LogP contribution is 1.95. The number of nitrogens with two attached hydrogens (primary N) is 1. The molecule has 4 nitrogen and oxygen atoms in total. The topological polar surface area (TPSA) is 53.1 Å². The van der Waals surface area contributed by atoms with Crippen LogP contribution < -0.4 is 5.90 Å². The molecule has 1 aromatic rings. The Labute approximate surface area is 59.5 Å². The summed E-state index contributed by atoms with van der Waals surface area (Å²) in [6, 6.07) is 1.89. The average Bonchev–Trinajstić information content (AvgIpc) is 2.37. The van der Waals surface area contributed by atoms with Gasteiger partial charge in [0.1, 0.15) is 6.61 Å². The third-order valence-corrected chi connectivity index (χ3v) is 1.25. The Morgan fingerprint density at radius 2 is 2.60 bits per heavy atom. The molecule has 0 radical (unpaired) electrons. The Morgan fingerprint density at radius 1 is 1.80 bits per heavy atom. The number of rotatable bonds is 3. The van der Waals surface area contributed by atoms with Gasteiger partial charge in [0, 0.05) is 12.7 Å². The van der Waals surface area contributed by atoms with Gasteiger partial charge in [-0.25, -0.2) is 5.90 Å². The quantitative estimate of drug-likeness (QED) is 0.616. The first kappa shape index (κ1) is 7.24. The third kappa shape index (κ3) is 1.55. The van der Waals surface area contributed by atoms with Gasteiger partial charge in [-0.1, -0.05) is 0 Å². The standard InChI is InChI=1S/C6H11N3O/c1-2-9-4-3-6(8-9)5-10-7/h3-4H,2,5,7H2,1H3. The van der Waals surface area contributed by atoms with Crippen LogP contribution in [0.4, 0.5) is 0 Å². The van der Waals surface area contributed by atoms with E-state index in [1.165, 1.54) is 0 Å². The first-order chi connectivity index (χ1) is 4.86. The largest absolute Gasteiger partial charge is 0.298 e. The van der Waals surface area contributed by atoms with Crippen LogP contribution in [0.1, 0.15) is 12.6 Å². The lowest BCUT2D eigenvalue weighted by Crippen LogP contribution is -2.01. The summed E-state index contributed by atoms with van der Waals surface area (Å²) in [6.45, 7) is 3.29. The second-order valence-electron chi connectivity index (χ2n) is 1.97. The van der Waals surface area contributed by atoms with E-state index in [1.807, 2.05) is 23.9 Å². The summed E-state index contributed by atoms with van der Waals surface area (Å²) in [6.07, 6.45) is 1.90. The molecule has 1 aromatic heterocycles. The number of hydrogen-bond donors (Lipinski definition) is 1. The predicted octanol–water partition coefficient (Wildman–Crippen LogP) is 0.293. The van der Waals surface area contributed by atoms with Gasteiger partial charge < -0.3 is 0 Å². The molecule has 0 saturated heterocycles. The van der Waals surface area contributed by atoms with Crippen molar-refractivity contribution in [2.24, 2.45) is 5.90 Å². The van der Waals surface area contributed by atoms with Gasteiger partial charge in [-0.3, -0.25) is 9.52 Å². The summed E-state index contributed by atoms with van der Waals surface area (Å²) in [5, 5.41) is 4.13. The zero-order chi connectivity index (χ0) is 7.40. The Morgan fingerprint density at radius 3 is 3.10 bits per heavy atom. The van der Waals surface area contributed by atoms with Crippen molar-refractivity contribution in [1.82, 2.24) is 9.78 Å². The Hall–Kier alpha value is -0.870. The summed E-state index contributed by atoms with van der Waals surface area (Å²) < 4.78 is 1.83. The summed E-state index contributed by atoms with van der Waals surface area (Å²) in [5.41, 5.74) is 0.865. The van der Waals surface area contributed by atoms with E-state index < -0.39 is 0 Å². The van der Waals surface area contributed by atoms with Crippen LogP contribution >= 0.6 is 0 Å². The maximum atomic E-state index is 4.86. The summed E-state index contributed by atoms with van der Waals surface area (Å²) in [4.78, 5) is 4.41. The zero-order valence-corrected chi connectivity index (χ0v) is 5.95. The van der Waals surface area contributed by atoms with E-state index in [-0.39, 0.29) is 0 Å². The summed E-state index contributed by atoms with van der Waals surface area (Å²) >= 11 is 0. The van der Waals surface area contributed by atoms with Crippen molar-refractivity contribution in [3.63, 3.8) is 0 Å². The van der Waals surface area contributed by atoms with Gasteiger partial charge in [0.15, 0.2) is 0 Å². The van der Waals surface area contributed by atoms with Crippen molar-refractivity contribution in [1.29, 1.82) is 0 Å². The molecule has 0 aromatic carbocycles. The molecule has 0 bridgehead atoms. The Bertz CT molecular complexity index is 197. The fourth-order valence-corrected chi connectivity index (χ4v) is 0.742. The van der Waals surface area contributed by atoms with Crippen molar-refractivity contribution in [3.05, 3.63) is 18.0 Å². The molecule has 0 unspecified atom stereocenters. The SMILES string of the molecule is CCn1ccc(CON)n1. The first-order valence-corrected chi connectivity index (χ1v) is 3.21. The van der Waals surface area contributed by atoms with Gasteiger partial charge in [-0.05, 0) is 13.0 Å². The number of nitrogens with zero attached hydrogens (tertiary/aromatic N) is 2. The second kappa shape index (κ2) is 3.34. The van der Waals surface area contributed by atoms with E-state index in [0.717, 1.165) is 12.2 Å². The number of aromatic nitrogens is 2. The fraction of sp³-hybridized carbons (Fsp3) is 0.500. The van der Waals surface area contributed by atoms with Crippen LogP contribution in [0, 0.1) is 0 Å². The van der Waals surface area contributed by atoms with Crippen LogP contribution in [0.15, 0.2) is 12.3 Å². The van der Waals surface area contributed by atoms with Crippen LogP contribution in [0.25, 0.3) is 0 Å². The molecule has 1 rings (SSSR count). The highest BCUT2D eigenvalue weighted by molar-refractivity contribution is 4.96. The minimum Gasteiger partial charge on any atom is -0.298 e. The monoisotopic (exact) mass is 141 g/mol. The van der Waals surface area contributed by atoms with Crippen LogP contribution in [-0.4, -0.2) is 9.78 Å². The fourth-order valence-electron chi connectivity index (χ4n) is 0.742. The predicted molar refractivity (Wildman–Crippen MR) is 36.9 cm³/mol. The molecule has 0 aliphatic heterocycles. The molecule has 2 N–H and O–H groups in total. The van der Waals surface area contributed by atoms with E-state index in [4.69, 9.17) is 5.90 Å². The van der Waals surface area contributed by atoms with E-state index in [9.17, 15) is 0 Å². The lowest BCUT2D eigenvalue weighted by molar-refractivity contribution is 0.121. The van der Waals surface area contributed by atoms with Crippen molar-refractivity contribution in [3.8, 4) is 0 Å². The van der Waals surface area contributed by atoms with Crippen molar-refractivity contribution in [2.75, 3.05) is 0 Å². The van der Waals surface area contributed by atoms with Crippen molar-refractivity contribution < 1.29 is 4.84 Å². The Balaban J connectivity index is 2.59. The molecule has 0 aliphatic carbocycles. The highest BCUT2D eigenvalue weighted by Gasteiger charge is 1.94. The molecule has 0 fully saturated rings. The van der Waals surface area contributed by atoms with Gasteiger partial charge >= 0.3 is 0 Å². The van der Waals surface area contributed by atoms with Gasteiger partial charge in [0.2, 0.25) is 0 Å². The molecule has 0 saturated carbocycles. The maximum Gasteiger partial charge on any atom is 0.112 e. The first-order valence-electron chi connectivity index (χ1n) is 3.21. The van der Waals surface area contributed by atoms with Gasteiger partial charge in [0.25, 0.3) is 0 Å². The molecular formula is C6H11N3O. The second-order valence-corrected chi connectivity index (χ2v) is 1.97. The lowest BCUT2D eigenvalue weighted by Gasteiger charge is -1.92. The minimum absolute atomic E-state index is 0.382. The van der Waals surface area contributed by atoms with Crippen molar-refractivity contribution in [2.45, 2.75) is 20.1 Å². The smallest absolute Gasteiger partial charge is 0.112 e. The minimum atomic E-state index is 0.382. The molecule has 0 spiro atoms.